The number of hydrogen-bond donors (Lipinski definition) is 1. The third-order valence-corrected chi connectivity index (χ3v) is 8.03. The Bertz CT molecular complexity index is 1040. The molecular formula is C27H35ClN4O3. The fourth-order valence-corrected chi connectivity index (χ4v) is 6.14. The third-order valence-electron chi connectivity index (χ3n) is 7.69. The zero-order valence-corrected chi connectivity index (χ0v) is 21.2. The number of rotatable bonds is 3. The Morgan fingerprint density at radius 3 is 3.00 bits per heavy atom. The maximum atomic E-state index is 13.0. The Balaban J connectivity index is 1.36. The van der Waals surface area contributed by atoms with Gasteiger partial charge in [0.05, 0.1) is 25.3 Å². The maximum absolute atomic E-state index is 13.0. The molecule has 188 valence electrons. The SMILES string of the molecule is COc1ccc2cc1OCCCCN(Cc1ccncc1Cl)CC(=O)NC[C@H]1C[C@H]2N2CCC[C@@H]12. The lowest BCUT2D eigenvalue weighted by atomic mass is 9.94. The summed E-state index contributed by atoms with van der Waals surface area (Å²) < 4.78 is 11.8. The molecule has 4 heterocycles. The van der Waals surface area contributed by atoms with Gasteiger partial charge in [-0.05, 0) is 80.4 Å². The summed E-state index contributed by atoms with van der Waals surface area (Å²) in [6.07, 6.45) is 8.67. The largest absolute Gasteiger partial charge is 0.493 e. The normalized spacial score (nSPS) is 26.1. The molecule has 4 bridgehead atoms. The molecule has 35 heavy (non-hydrogen) atoms. The molecule has 0 aliphatic carbocycles. The highest BCUT2D eigenvalue weighted by molar-refractivity contribution is 6.31. The number of carbonyl (C=O) groups is 1. The molecule has 2 aromatic rings. The van der Waals surface area contributed by atoms with Crippen molar-refractivity contribution in [2.45, 2.75) is 50.7 Å². The van der Waals surface area contributed by atoms with Gasteiger partial charge in [0.1, 0.15) is 0 Å². The Labute approximate surface area is 212 Å². The van der Waals surface area contributed by atoms with Crippen molar-refractivity contribution >= 4 is 17.5 Å². The second kappa shape index (κ2) is 11.1. The Morgan fingerprint density at radius 1 is 1.23 bits per heavy atom. The first-order valence-corrected chi connectivity index (χ1v) is 13.1. The number of nitrogens with zero attached hydrogens (tertiary/aromatic N) is 3. The van der Waals surface area contributed by atoms with Gasteiger partial charge in [0, 0.05) is 37.6 Å². The van der Waals surface area contributed by atoms with Crippen molar-refractivity contribution in [1.82, 2.24) is 20.1 Å². The van der Waals surface area contributed by atoms with Crippen LogP contribution in [0.2, 0.25) is 5.02 Å². The molecule has 2 fully saturated rings. The first-order chi connectivity index (χ1) is 17.1. The number of nitrogens with one attached hydrogen (secondary N) is 1. The van der Waals surface area contributed by atoms with E-state index in [4.69, 9.17) is 21.1 Å². The van der Waals surface area contributed by atoms with Gasteiger partial charge < -0.3 is 14.8 Å². The van der Waals surface area contributed by atoms with E-state index in [0.29, 0.717) is 42.7 Å². The van der Waals surface area contributed by atoms with Gasteiger partial charge in [-0.1, -0.05) is 17.7 Å². The summed E-state index contributed by atoms with van der Waals surface area (Å²) in [6, 6.07) is 9.19. The van der Waals surface area contributed by atoms with Gasteiger partial charge in [-0.2, -0.15) is 0 Å². The number of halogens is 1. The van der Waals surface area contributed by atoms with Crippen LogP contribution in [0.15, 0.2) is 36.7 Å². The van der Waals surface area contributed by atoms with Crippen LogP contribution in [0.1, 0.15) is 49.3 Å². The highest BCUT2D eigenvalue weighted by Crippen LogP contribution is 2.46. The molecular weight excluding hydrogens is 464 g/mol. The number of fused-ring (bicyclic) bond motifs is 8. The van der Waals surface area contributed by atoms with E-state index in [9.17, 15) is 4.79 Å². The summed E-state index contributed by atoms with van der Waals surface area (Å²) in [5, 5.41) is 3.90. The molecule has 8 heteroatoms. The van der Waals surface area contributed by atoms with Gasteiger partial charge >= 0.3 is 0 Å². The van der Waals surface area contributed by atoms with Crippen LogP contribution in [0.5, 0.6) is 11.5 Å². The van der Waals surface area contributed by atoms with Gasteiger partial charge in [0.15, 0.2) is 11.5 Å². The van der Waals surface area contributed by atoms with E-state index in [0.717, 1.165) is 56.0 Å². The lowest BCUT2D eigenvalue weighted by Gasteiger charge is -2.25. The molecule has 0 unspecified atom stereocenters. The van der Waals surface area contributed by atoms with Gasteiger partial charge in [-0.15, -0.1) is 0 Å². The summed E-state index contributed by atoms with van der Waals surface area (Å²) in [5.74, 6) is 2.14. The zero-order valence-electron chi connectivity index (χ0n) is 20.4. The van der Waals surface area contributed by atoms with Gasteiger partial charge in [-0.3, -0.25) is 19.6 Å². The van der Waals surface area contributed by atoms with Crippen molar-refractivity contribution in [2.24, 2.45) is 5.92 Å². The van der Waals surface area contributed by atoms with Crippen LogP contribution >= 0.6 is 11.6 Å². The van der Waals surface area contributed by atoms with Crippen LogP contribution in [0, 0.1) is 5.92 Å². The van der Waals surface area contributed by atoms with E-state index in [2.05, 4.69) is 32.2 Å². The highest BCUT2D eigenvalue weighted by Gasteiger charge is 2.44. The zero-order chi connectivity index (χ0) is 24.2. The Hall–Kier alpha value is -2.35. The molecule has 3 aliphatic rings. The molecule has 7 nitrogen and oxygen atoms in total. The van der Waals surface area contributed by atoms with Crippen LogP contribution in [-0.4, -0.2) is 66.6 Å². The fraction of sp³-hybridized carbons (Fsp3) is 0.556. The third kappa shape index (κ3) is 5.57. The first-order valence-electron chi connectivity index (χ1n) is 12.8. The van der Waals surface area contributed by atoms with Crippen LogP contribution in [0.25, 0.3) is 0 Å². The minimum Gasteiger partial charge on any atom is -0.493 e. The van der Waals surface area contributed by atoms with Crippen LogP contribution in [0.4, 0.5) is 0 Å². The Kier molecular flexibility index (Phi) is 7.75. The molecule has 0 spiro atoms. The smallest absolute Gasteiger partial charge is 0.234 e. The molecule has 3 aliphatic heterocycles. The van der Waals surface area contributed by atoms with Gasteiger partial charge in [0.2, 0.25) is 5.91 Å². The van der Waals surface area contributed by atoms with Crippen molar-refractivity contribution in [3.63, 3.8) is 0 Å². The number of pyridine rings is 1. The number of ether oxygens (including phenoxy) is 2. The van der Waals surface area contributed by atoms with E-state index in [1.807, 2.05) is 12.1 Å². The number of methoxy groups -OCH3 is 1. The Morgan fingerprint density at radius 2 is 2.14 bits per heavy atom. The number of amides is 1. The molecule has 2 saturated heterocycles. The van der Waals surface area contributed by atoms with Crippen LogP contribution in [0.3, 0.4) is 0 Å². The van der Waals surface area contributed by atoms with E-state index >= 15 is 0 Å². The number of hydrogen-bond acceptors (Lipinski definition) is 6. The van der Waals surface area contributed by atoms with Crippen LogP contribution in [-0.2, 0) is 11.3 Å². The summed E-state index contributed by atoms with van der Waals surface area (Å²) in [7, 11) is 1.70. The quantitative estimate of drug-likeness (QED) is 0.688. The van der Waals surface area contributed by atoms with Crippen molar-refractivity contribution in [1.29, 1.82) is 0 Å². The predicted molar refractivity (Wildman–Crippen MR) is 136 cm³/mol. The molecule has 5 rings (SSSR count). The standard InChI is InChI=1S/C27H35ClN4O3/c1-34-25-7-6-19-14-26(25)35-12-3-2-10-31(17-20-8-9-29-16-22(20)28)18-27(33)30-15-21-13-24(19)32-11-4-5-23(21)32/h6-9,14,16,21,23-24H,2-5,10-13,15,17-18H2,1H3,(H,30,33)/t21-,23+,24-/m1/s1. The lowest BCUT2D eigenvalue weighted by molar-refractivity contribution is -0.122. The summed E-state index contributed by atoms with van der Waals surface area (Å²) in [4.78, 5) is 21.9. The van der Waals surface area contributed by atoms with Crippen molar-refractivity contribution < 1.29 is 14.3 Å². The predicted octanol–water partition coefficient (Wildman–Crippen LogP) is 4.06. The summed E-state index contributed by atoms with van der Waals surface area (Å²) in [6.45, 7) is 4.21. The average Bonchev–Trinajstić information content (AvgIpc) is 3.46. The number of carbonyl (C=O) groups excluding carboxylic acids is 1. The second-order valence-electron chi connectivity index (χ2n) is 9.91. The fourth-order valence-electron chi connectivity index (χ4n) is 5.96. The topological polar surface area (TPSA) is 66.9 Å². The number of benzene rings is 1. The van der Waals surface area contributed by atoms with Crippen LogP contribution < -0.4 is 14.8 Å². The summed E-state index contributed by atoms with van der Waals surface area (Å²) in [5.41, 5.74) is 2.27. The molecule has 1 amide bonds. The van der Waals surface area contributed by atoms with Gasteiger partial charge in [-0.25, -0.2) is 0 Å². The van der Waals surface area contributed by atoms with Gasteiger partial charge in [0.25, 0.3) is 0 Å². The van der Waals surface area contributed by atoms with Crippen molar-refractivity contribution in [3.8, 4) is 11.5 Å². The monoisotopic (exact) mass is 498 g/mol. The van der Waals surface area contributed by atoms with Crippen molar-refractivity contribution in [3.05, 3.63) is 52.8 Å². The van der Waals surface area contributed by atoms with E-state index in [1.165, 1.54) is 18.4 Å². The average molecular weight is 499 g/mol. The highest BCUT2D eigenvalue weighted by atomic mass is 35.5. The lowest BCUT2D eigenvalue weighted by Crippen LogP contribution is -2.41. The number of aromatic nitrogens is 1. The van der Waals surface area contributed by atoms with E-state index < -0.39 is 0 Å². The summed E-state index contributed by atoms with van der Waals surface area (Å²) >= 11 is 6.36. The molecule has 1 N–H and O–H groups in total. The molecule has 1 aromatic heterocycles. The molecule has 0 saturated carbocycles. The first kappa shape index (κ1) is 24.3. The molecule has 3 atom stereocenters. The minimum atomic E-state index is 0.0817. The van der Waals surface area contributed by atoms with E-state index in [-0.39, 0.29) is 5.91 Å². The van der Waals surface area contributed by atoms with E-state index in [1.54, 1.807) is 19.5 Å². The minimum absolute atomic E-state index is 0.0817. The molecule has 0 radical (unpaired) electrons. The molecule has 1 aromatic carbocycles. The maximum Gasteiger partial charge on any atom is 0.234 e. The second-order valence-corrected chi connectivity index (χ2v) is 10.3. The van der Waals surface area contributed by atoms with Crippen molar-refractivity contribution in [2.75, 3.05) is 39.9 Å².